The number of pyridine rings is 2. The highest BCUT2D eigenvalue weighted by Gasteiger charge is 2.28. The third-order valence-corrected chi connectivity index (χ3v) is 6.23. The average molecular weight is 440 g/mol. The van der Waals surface area contributed by atoms with Gasteiger partial charge < -0.3 is 5.32 Å². The summed E-state index contributed by atoms with van der Waals surface area (Å²) in [5.74, 6) is 0.354. The highest BCUT2D eigenvalue weighted by Crippen LogP contribution is 2.40. The lowest BCUT2D eigenvalue weighted by Crippen LogP contribution is -2.14. The molecule has 1 amide bonds. The van der Waals surface area contributed by atoms with Gasteiger partial charge in [0.05, 0.1) is 16.6 Å². The number of rotatable bonds is 8. The number of aromatic nitrogens is 4. The molecule has 0 aliphatic heterocycles. The first-order valence-corrected chi connectivity index (χ1v) is 11.8. The summed E-state index contributed by atoms with van der Waals surface area (Å²) in [7, 11) is 0. The highest BCUT2D eigenvalue weighted by atomic mass is 16.1. The molecule has 6 heteroatoms. The van der Waals surface area contributed by atoms with Crippen LogP contribution in [0.3, 0.4) is 0 Å². The number of carbonyl (C=O) groups excluding carboxylic acids is 1. The predicted octanol–water partition coefficient (Wildman–Crippen LogP) is 5.66. The number of benzene rings is 1. The van der Waals surface area contributed by atoms with Crippen LogP contribution in [0.25, 0.3) is 11.0 Å². The molecule has 1 saturated carbocycles. The molecule has 3 heterocycles. The van der Waals surface area contributed by atoms with E-state index in [1.807, 2.05) is 54.3 Å². The summed E-state index contributed by atoms with van der Waals surface area (Å²) in [4.78, 5) is 22.4. The number of hydrogen-bond acceptors (Lipinski definition) is 4. The SMILES string of the molecule is CCCCn1nc(C)c2c(C(=O)Nc3ccc(Cc4ccncc4)cc3)cc(C3CC3)nc21. The fourth-order valence-corrected chi connectivity index (χ4v) is 4.24. The molecule has 168 valence electrons. The number of aryl methyl sites for hydroxylation is 2. The minimum absolute atomic E-state index is 0.107. The molecule has 0 atom stereocenters. The normalized spacial score (nSPS) is 13.4. The molecular weight excluding hydrogens is 410 g/mol. The van der Waals surface area contributed by atoms with Crippen LogP contribution in [0.1, 0.15) is 71.4 Å². The van der Waals surface area contributed by atoms with Crippen molar-refractivity contribution in [2.75, 3.05) is 5.32 Å². The molecule has 1 fully saturated rings. The van der Waals surface area contributed by atoms with Crippen LogP contribution < -0.4 is 5.32 Å². The Morgan fingerprint density at radius 2 is 1.82 bits per heavy atom. The van der Waals surface area contributed by atoms with Crippen molar-refractivity contribution in [3.8, 4) is 0 Å². The van der Waals surface area contributed by atoms with Gasteiger partial charge in [-0.3, -0.25) is 9.78 Å². The number of unbranched alkanes of at least 4 members (excludes halogenated alkanes) is 1. The van der Waals surface area contributed by atoms with Crippen molar-refractivity contribution in [3.05, 3.63) is 82.9 Å². The monoisotopic (exact) mass is 439 g/mol. The van der Waals surface area contributed by atoms with Crippen molar-refractivity contribution < 1.29 is 4.79 Å². The number of carbonyl (C=O) groups is 1. The lowest BCUT2D eigenvalue weighted by Gasteiger charge is -2.10. The van der Waals surface area contributed by atoms with Gasteiger partial charge >= 0.3 is 0 Å². The van der Waals surface area contributed by atoms with E-state index < -0.39 is 0 Å². The highest BCUT2D eigenvalue weighted by molar-refractivity contribution is 6.12. The Kier molecular flexibility index (Phi) is 5.90. The molecule has 6 nitrogen and oxygen atoms in total. The molecular formula is C27H29N5O. The zero-order valence-electron chi connectivity index (χ0n) is 19.2. The minimum atomic E-state index is -0.107. The second-order valence-corrected chi connectivity index (χ2v) is 8.91. The van der Waals surface area contributed by atoms with Crippen LogP contribution in [0.5, 0.6) is 0 Å². The van der Waals surface area contributed by atoms with Gasteiger partial charge in [0.15, 0.2) is 5.65 Å². The van der Waals surface area contributed by atoms with Gasteiger partial charge in [-0.1, -0.05) is 25.5 Å². The molecule has 0 radical (unpaired) electrons. The van der Waals surface area contributed by atoms with Crippen LogP contribution in [-0.2, 0) is 13.0 Å². The van der Waals surface area contributed by atoms with Gasteiger partial charge in [0.1, 0.15) is 0 Å². The Bertz CT molecular complexity index is 1270. The Morgan fingerprint density at radius 1 is 1.09 bits per heavy atom. The van der Waals surface area contributed by atoms with Gasteiger partial charge in [0, 0.05) is 36.2 Å². The lowest BCUT2D eigenvalue weighted by atomic mass is 10.1. The first kappa shape index (κ1) is 21.3. The summed E-state index contributed by atoms with van der Waals surface area (Å²) < 4.78 is 1.98. The van der Waals surface area contributed by atoms with E-state index in [0.717, 1.165) is 66.8 Å². The molecule has 1 aliphatic rings. The average Bonchev–Trinajstić information content (AvgIpc) is 3.63. The molecule has 0 spiro atoms. The maximum Gasteiger partial charge on any atom is 0.256 e. The number of anilines is 1. The summed E-state index contributed by atoms with van der Waals surface area (Å²) in [6, 6.07) is 14.1. The molecule has 1 N–H and O–H groups in total. The van der Waals surface area contributed by atoms with Crippen molar-refractivity contribution in [1.82, 2.24) is 19.7 Å². The van der Waals surface area contributed by atoms with E-state index in [0.29, 0.717) is 11.5 Å². The third kappa shape index (κ3) is 4.65. The van der Waals surface area contributed by atoms with Crippen LogP contribution in [0.15, 0.2) is 54.9 Å². The third-order valence-electron chi connectivity index (χ3n) is 6.23. The van der Waals surface area contributed by atoms with Crippen molar-refractivity contribution in [3.63, 3.8) is 0 Å². The summed E-state index contributed by atoms with van der Waals surface area (Å²) in [6.07, 6.45) is 8.86. The molecule has 0 bridgehead atoms. The van der Waals surface area contributed by atoms with E-state index >= 15 is 0 Å². The Hall–Kier alpha value is -3.54. The van der Waals surface area contributed by atoms with Gasteiger partial charge in [-0.15, -0.1) is 0 Å². The molecule has 0 saturated heterocycles. The largest absolute Gasteiger partial charge is 0.322 e. The molecule has 4 aromatic rings. The molecule has 33 heavy (non-hydrogen) atoms. The first-order valence-electron chi connectivity index (χ1n) is 11.8. The Balaban J connectivity index is 1.41. The van der Waals surface area contributed by atoms with Crippen molar-refractivity contribution >= 4 is 22.6 Å². The maximum absolute atomic E-state index is 13.4. The molecule has 1 aliphatic carbocycles. The summed E-state index contributed by atoms with van der Waals surface area (Å²) in [5, 5.41) is 8.68. The number of amides is 1. The standard InChI is InChI=1S/C27H29N5O/c1-3-4-15-32-26-25(18(2)31-32)23(17-24(30-26)21-7-8-21)27(33)29-22-9-5-19(6-10-22)16-20-11-13-28-14-12-20/h5-6,9-14,17,21H,3-4,7-8,15-16H2,1-2H3,(H,29,33). The van der Waals surface area contributed by atoms with Gasteiger partial charge in [0.2, 0.25) is 0 Å². The van der Waals surface area contributed by atoms with Crippen LogP contribution in [0.4, 0.5) is 5.69 Å². The zero-order valence-corrected chi connectivity index (χ0v) is 19.2. The van der Waals surface area contributed by atoms with Crippen LogP contribution in [-0.4, -0.2) is 25.7 Å². The quantitative estimate of drug-likeness (QED) is 0.385. The van der Waals surface area contributed by atoms with Crippen molar-refractivity contribution in [2.45, 2.75) is 58.4 Å². The molecule has 1 aromatic carbocycles. The zero-order chi connectivity index (χ0) is 22.8. The van der Waals surface area contributed by atoms with Crippen LogP contribution in [0, 0.1) is 6.92 Å². The predicted molar refractivity (Wildman–Crippen MR) is 131 cm³/mol. The van der Waals surface area contributed by atoms with E-state index in [4.69, 9.17) is 10.1 Å². The summed E-state index contributed by atoms with van der Waals surface area (Å²) in [6.45, 7) is 4.96. The van der Waals surface area contributed by atoms with Gasteiger partial charge in [0.25, 0.3) is 5.91 Å². The fourth-order valence-electron chi connectivity index (χ4n) is 4.24. The smallest absolute Gasteiger partial charge is 0.256 e. The Labute approximate surface area is 194 Å². The summed E-state index contributed by atoms with van der Waals surface area (Å²) >= 11 is 0. The molecule has 0 unspecified atom stereocenters. The van der Waals surface area contributed by atoms with Gasteiger partial charge in [-0.05, 0) is 74.1 Å². The summed E-state index contributed by atoms with van der Waals surface area (Å²) in [5.41, 5.74) is 6.56. The number of hydrogen-bond donors (Lipinski definition) is 1. The van der Waals surface area contributed by atoms with Gasteiger partial charge in [-0.25, -0.2) is 9.67 Å². The van der Waals surface area contributed by atoms with E-state index in [1.54, 1.807) is 0 Å². The fraction of sp³-hybridized carbons (Fsp3) is 0.333. The van der Waals surface area contributed by atoms with Crippen molar-refractivity contribution in [2.24, 2.45) is 0 Å². The van der Waals surface area contributed by atoms with Crippen molar-refractivity contribution in [1.29, 1.82) is 0 Å². The number of nitrogens with zero attached hydrogens (tertiary/aromatic N) is 4. The van der Waals surface area contributed by atoms with E-state index in [9.17, 15) is 4.79 Å². The molecule has 3 aromatic heterocycles. The van der Waals surface area contributed by atoms with Crippen LogP contribution >= 0.6 is 0 Å². The second-order valence-electron chi connectivity index (χ2n) is 8.91. The van der Waals surface area contributed by atoms with E-state index in [-0.39, 0.29) is 5.91 Å². The second kappa shape index (κ2) is 9.14. The van der Waals surface area contributed by atoms with E-state index in [2.05, 4.69) is 29.4 Å². The topological polar surface area (TPSA) is 72.7 Å². The first-order chi connectivity index (χ1) is 16.1. The molecule has 5 rings (SSSR count). The minimum Gasteiger partial charge on any atom is -0.322 e. The number of nitrogens with one attached hydrogen (secondary N) is 1. The van der Waals surface area contributed by atoms with Crippen LogP contribution in [0.2, 0.25) is 0 Å². The maximum atomic E-state index is 13.4. The van der Waals surface area contributed by atoms with E-state index in [1.165, 1.54) is 11.1 Å². The Morgan fingerprint density at radius 3 is 2.52 bits per heavy atom. The lowest BCUT2D eigenvalue weighted by molar-refractivity contribution is 0.102. The van der Waals surface area contributed by atoms with Gasteiger partial charge in [-0.2, -0.15) is 5.10 Å². The number of fused-ring (bicyclic) bond motifs is 1.